The maximum absolute atomic E-state index is 12.4. The van der Waals surface area contributed by atoms with Crippen molar-refractivity contribution in [3.63, 3.8) is 0 Å². The van der Waals surface area contributed by atoms with E-state index in [0.29, 0.717) is 49.6 Å². The van der Waals surface area contributed by atoms with E-state index >= 15 is 0 Å². The first-order chi connectivity index (χ1) is 11.7. The number of hydrogen-bond donors (Lipinski definition) is 2. The lowest BCUT2D eigenvalue weighted by atomic mass is 9.99. The van der Waals surface area contributed by atoms with Crippen LogP contribution < -0.4 is 10.6 Å². The van der Waals surface area contributed by atoms with Crippen LogP contribution in [0.15, 0.2) is 47.1 Å². The molecule has 2 amide bonds. The fourth-order valence-electron chi connectivity index (χ4n) is 2.66. The zero-order valence-corrected chi connectivity index (χ0v) is 13.3. The predicted molar refractivity (Wildman–Crippen MR) is 88.5 cm³/mol. The lowest BCUT2D eigenvalue weighted by molar-refractivity contribution is -0.122. The SMILES string of the molecule is O=C(NCc1ccco1)c1ccccc1NC(=O)C1CCOCC1. The molecule has 1 saturated heterocycles. The number of amides is 2. The van der Waals surface area contributed by atoms with E-state index in [1.54, 1.807) is 42.7 Å². The fraction of sp³-hybridized carbons (Fsp3) is 0.333. The Morgan fingerprint density at radius 3 is 2.62 bits per heavy atom. The van der Waals surface area contributed by atoms with Crippen LogP contribution in [0, 0.1) is 5.92 Å². The molecule has 2 aromatic rings. The van der Waals surface area contributed by atoms with Gasteiger partial charge in [0, 0.05) is 19.1 Å². The molecule has 0 aliphatic carbocycles. The maximum atomic E-state index is 12.4. The van der Waals surface area contributed by atoms with E-state index < -0.39 is 0 Å². The van der Waals surface area contributed by atoms with Crippen LogP contribution in [0.2, 0.25) is 0 Å². The molecular formula is C18H20N2O4. The van der Waals surface area contributed by atoms with Crippen molar-refractivity contribution in [1.82, 2.24) is 5.32 Å². The van der Waals surface area contributed by atoms with Crippen molar-refractivity contribution in [3.8, 4) is 0 Å². The summed E-state index contributed by atoms with van der Waals surface area (Å²) in [5.74, 6) is 0.281. The maximum Gasteiger partial charge on any atom is 0.253 e. The van der Waals surface area contributed by atoms with Crippen LogP contribution >= 0.6 is 0 Å². The van der Waals surface area contributed by atoms with Gasteiger partial charge in [0.25, 0.3) is 5.91 Å². The Morgan fingerprint density at radius 1 is 1.08 bits per heavy atom. The van der Waals surface area contributed by atoms with Crippen LogP contribution in [-0.4, -0.2) is 25.0 Å². The molecule has 0 spiro atoms. The largest absolute Gasteiger partial charge is 0.467 e. The summed E-state index contributed by atoms with van der Waals surface area (Å²) in [7, 11) is 0. The Bertz CT molecular complexity index is 691. The van der Waals surface area contributed by atoms with Crippen LogP contribution in [0.5, 0.6) is 0 Å². The number of carbonyl (C=O) groups is 2. The van der Waals surface area contributed by atoms with Gasteiger partial charge in [-0.25, -0.2) is 0 Å². The average molecular weight is 328 g/mol. The van der Waals surface area contributed by atoms with Crippen molar-refractivity contribution >= 4 is 17.5 Å². The van der Waals surface area contributed by atoms with Crippen molar-refractivity contribution in [2.45, 2.75) is 19.4 Å². The van der Waals surface area contributed by atoms with Gasteiger partial charge < -0.3 is 19.8 Å². The number of carbonyl (C=O) groups excluding carboxylic acids is 2. The summed E-state index contributed by atoms with van der Waals surface area (Å²) in [5.41, 5.74) is 0.954. The summed E-state index contributed by atoms with van der Waals surface area (Å²) in [6, 6.07) is 10.5. The molecule has 24 heavy (non-hydrogen) atoms. The van der Waals surface area contributed by atoms with E-state index in [9.17, 15) is 9.59 Å². The normalized spacial score (nSPS) is 15.0. The highest BCUT2D eigenvalue weighted by Gasteiger charge is 2.23. The lowest BCUT2D eigenvalue weighted by Crippen LogP contribution is -2.30. The molecule has 1 fully saturated rings. The summed E-state index contributed by atoms with van der Waals surface area (Å²) in [4.78, 5) is 24.8. The van der Waals surface area contributed by atoms with Gasteiger partial charge in [-0.05, 0) is 37.1 Å². The first-order valence-electron chi connectivity index (χ1n) is 8.02. The molecule has 0 bridgehead atoms. The van der Waals surface area contributed by atoms with Gasteiger partial charge in [0.15, 0.2) is 0 Å². The number of hydrogen-bond acceptors (Lipinski definition) is 4. The molecule has 6 heteroatoms. The molecule has 2 N–H and O–H groups in total. The van der Waals surface area contributed by atoms with Gasteiger partial charge in [-0.2, -0.15) is 0 Å². The highest BCUT2D eigenvalue weighted by Crippen LogP contribution is 2.20. The second kappa shape index (κ2) is 7.79. The summed E-state index contributed by atoms with van der Waals surface area (Å²) in [5, 5.41) is 5.67. The minimum Gasteiger partial charge on any atom is -0.467 e. The van der Waals surface area contributed by atoms with E-state index in [1.807, 2.05) is 0 Å². The molecule has 0 atom stereocenters. The Labute approximate surface area is 140 Å². The highest BCUT2D eigenvalue weighted by molar-refractivity contribution is 6.04. The van der Waals surface area contributed by atoms with Gasteiger partial charge in [0.1, 0.15) is 5.76 Å². The van der Waals surface area contributed by atoms with Crippen LogP contribution in [0.1, 0.15) is 29.0 Å². The topological polar surface area (TPSA) is 80.6 Å². The molecule has 1 aliphatic rings. The summed E-state index contributed by atoms with van der Waals surface area (Å²) >= 11 is 0. The molecule has 0 unspecified atom stereocenters. The monoisotopic (exact) mass is 328 g/mol. The summed E-state index contributed by atoms with van der Waals surface area (Å²) in [6.45, 7) is 1.50. The number of nitrogens with one attached hydrogen (secondary N) is 2. The van der Waals surface area contributed by atoms with Gasteiger partial charge >= 0.3 is 0 Å². The molecule has 126 valence electrons. The average Bonchev–Trinajstić information content (AvgIpc) is 3.14. The van der Waals surface area contributed by atoms with E-state index in [-0.39, 0.29) is 17.7 Å². The summed E-state index contributed by atoms with van der Waals surface area (Å²) < 4.78 is 10.5. The molecule has 2 heterocycles. The molecule has 6 nitrogen and oxygen atoms in total. The number of furan rings is 1. The molecule has 3 rings (SSSR count). The van der Waals surface area contributed by atoms with E-state index in [2.05, 4.69) is 10.6 Å². The Kier molecular flexibility index (Phi) is 5.28. The first-order valence-corrected chi connectivity index (χ1v) is 8.02. The number of para-hydroxylation sites is 1. The molecular weight excluding hydrogens is 308 g/mol. The molecule has 1 aliphatic heterocycles. The molecule has 0 saturated carbocycles. The Balaban J connectivity index is 1.65. The quantitative estimate of drug-likeness (QED) is 0.884. The van der Waals surface area contributed by atoms with Crippen molar-refractivity contribution in [2.24, 2.45) is 5.92 Å². The Morgan fingerprint density at radius 2 is 1.88 bits per heavy atom. The smallest absolute Gasteiger partial charge is 0.253 e. The van der Waals surface area contributed by atoms with Crippen molar-refractivity contribution in [3.05, 3.63) is 54.0 Å². The van der Waals surface area contributed by atoms with E-state index in [4.69, 9.17) is 9.15 Å². The van der Waals surface area contributed by atoms with Crippen LogP contribution in [-0.2, 0) is 16.1 Å². The van der Waals surface area contributed by atoms with Gasteiger partial charge in [-0.1, -0.05) is 12.1 Å². The van der Waals surface area contributed by atoms with Crippen LogP contribution in [0.25, 0.3) is 0 Å². The van der Waals surface area contributed by atoms with Gasteiger partial charge in [0.2, 0.25) is 5.91 Å². The van der Waals surface area contributed by atoms with Gasteiger partial charge in [-0.15, -0.1) is 0 Å². The third kappa shape index (κ3) is 4.02. The second-order valence-electron chi connectivity index (χ2n) is 5.68. The van der Waals surface area contributed by atoms with E-state index in [1.165, 1.54) is 0 Å². The van der Waals surface area contributed by atoms with Gasteiger partial charge in [0.05, 0.1) is 24.1 Å². The Hall–Kier alpha value is -2.60. The number of benzene rings is 1. The number of ether oxygens (including phenoxy) is 1. The fourth-order valence-corrected chi connectivity index (χ4v) is 2.66. The van der Waals surface area contributed by atoms with Crippen LogP contribution in [0.3, 0.4) is 0 Å². The van der Waals surface area contributed by atoms with Crippen molar-refractivity contribution in [2.75, 3.05) is 18.5 Å². The molecule has 1 aromatic heterocycles. The van der Waals surface area contributed by atoms with Crippen LogP contribution in [0.4, 0.5) is 5.69 Å². The third-order valence-electron chi connectivity index (χ3n) is 4.02. The van der Waals surface area contributed by atoms with Crippen molar-refractivity contribution in [1.29, 1.82) is 0 Å². The lowest BCUT2D eigenvalue weighted by Gasteiger charge is -2.21. The van der Waals surface area contributed by atoms with Gasteiger partial charge in [-0.3, -0.25) is 9.59 Å². The minimum absolute atomic E-state index is 0.0652. The third-order valence-corrected chi connectivity index (χ3v) is 4.02. The highest BCUT2D eigenvalue weighted by atomic mass is 16.5. The number of rotatable bonds is 5. The summed E-state index contributed by atoms with van der Waals surface area (Å²) in [6.07, 6.45) is 2.97. The zero-order valence-electron chi connectivity index (χ0n) is 13.3. The van der Waals surface area contributed by atoms with Crippen molar-refractivity contribution < 1.29 is 18.7 Å². The standard InChI is InChI=1S/C18H20N2O4/c21-17(13-7-10-23-11-8-13)20-16-6-2-1-5-15(16)18(22)19-12-14-4-3-9-24-14/h1-6,9,13H,7-8,10-12H2,(H,19,22)(H,20,21). The predicted octanol–water partition coefficient (Wildman–Crippen LogP) is 2.57. The zero-order chi connectivity index (χ0) is 16.8. The second-order valence-corrected chi connectivity index (χ2v) is 5.68. The molecule has 0 radical (unpaired) electrons. The first kappa shape index (κ1) is 16.3. The number of anilines is 1. The van der Waals surface area contributed by atoms with E-state index in [0.717, 1.165) is 0 Å². The molecule has 1 aromatic carbocycles. The minimum atomic E-state index is -0.255.